The van der Waals surface area contributed by atoms with Crippen LogP contribution in [0.5, 0.6) is 5.75 Å². The fourth-order valence-electron chi connectivity index (χ4n) is 4.73. The Morgan fingerprint density at radius 2 is 1.84 bits per heavy atom. The van der Waals surface area contributed by atoms with Gasteiger partial charge in [-0.1, -0.05) is 57.7 Å². The van der Waals surface area contributed by atoms with E-state index >= 15 is 0 Å². The van der Waals surface area contributed by atoms with Crippen LogP contribution in [0.1, 0.15) is 69.9 Å². The van der Waals surface area contributed by atoms with Crippen molar-refractivity contribution < 1.29 is 9.90 Å². The molecule has 1 heterocycles. The van der Waals surface area contributed by atoms with Crippen LogP contribution < -0.4 is 11.3 Å². The van der Waals surface area contributed by atoms with Crippen LogP contribution in [-0.2, 0) is 10.2 Å². The quantitative estimate of drug-likeness (QED) is 0.299. The molecule has 3 aromatic rings. The van der Waals surface area contributed by atoms with Crippen molar-refractivity contribution in [2.75, 3.05) is 0 Å². The number of nitrogens with zero attached hydrogens (tertiary/aromatic N) is 3. The number of carbonyl (C=O) groups is 1. The number of aromatic hydroxyl groups is 1. The number of aromatic nitrogens is 3. The molecule has 0 bridgehead atoms. The summed E-state index contributed by atoms with van der Waals surface area (Å²) in [6, 6.07) is 9.04. The molecule has 170 valence electrons. The summed E-state index contributed by atoms with van der Waals surface area (Å²) in [4.78, 5) is 14.4. The average molecular weight is 456 g/mol. The van der Waals surface area contributed by atoms with Gasteiger partial charge in [-0.2, -0.15) is 0 Å². The van der Waals surface area contributed by atoms with Crippen molar-refractivity contribution in [3.8, 4) is 11.4 Å². The van der Waals surface area contributed by atoms with Crippen molar-refractivity contribution in [2.45, 2.75) is 64.2 Å². The number of phenolic OH excluding ortho intramolecular Hbond substituents is 1. The average Bonchev–Trinajstić information content (AvgIpc) is 3.17. The lowest BCUT2D eigenvalue weighted by Crippen LogP contribution is -2.38. The number of nitrogens with one attached hydrogen (secondary N) is 1. The van der Waals surface area contributed by atoms with Gasteiger partial charge in [0, 0.05) is 10.6 Å². The maximum Gasteiger partial charge on any atom is 0.241 e. The highest BCUT2D eigenvalue weighted by Crippen LogP contribution is 2.42. The predicted octanol–water partition coefficient (Wildman–Crippen LogP) is 4.73. The Morgan fingerprint density at radius 1 is 1.16 bits per heavy atom. The van der Waals surface area contributed by atoms with E-state index in [1.807, 2.05) is 32.9 Å². The molecule has 1 aliphatic rings. The van der Waals surface area contributed by atoms with Crippen molar-refractivity contribution >= 4 is 28.5 Å². The van der Waals surface area contributed by atoms with Crippen molar-refractivity contribution in [1.82, 2.24) is 20.4 Å². The third-order valence-corrected chi connectivity index (χ3v) is 6.62. The van der Waals surface area contributed by atoms with Crippen molar-refractivity contribution in [3.05, 3.63) is 46.5 Å². The second-order valence-corrected chi connectivity index (χ2v) is 10.1. The van der Waals surface area contributed by atoms with Gasteiger partial charge in [0.25, 0.3) is 0 Å². The number of rotatable bonds is 4. The molecular weight excluding hydrogens is 426 g/mol. The van der Waals surface area contributed by atoms with E-state index in [2.05, 4.69) is 15.6 Å². The number of nitrogens with two attached hydrogens (primary N) is 1. The standard InChI is InChI=1S/C24H30ClN5O2/c1-24(2,3)17-11-15(21(23(32)27-26)14-7-5-4-6-8-14)12-20(22(17)31)30-28-18-10-9-16(25)13-19(18)29-30/h9-14,21,31H,4-8,26H2,1-3H3,(H,27,32). The summed E-state index contributed by atoms with van der Waals surface area (Å²) in [5, 5.41) is 20.9. The molecular formula is C24H30ClN5O2. The SMILES string of the molecule is CC(C)(C)c1cc(C(C(=O)NN)C2CCCCC2)cc(-n2nc3ccc(Cl)cc3n2)c1O. The highest BCUT2D eigenvalue weighted by Gasteiger charge is 2.33. The Balaban J connectivity index is 1.91. The first-order valence-corrected chi connectivity index (χ1v) is 11.5. The molecule has 8 heteroatoms. The van der Waals surface area contributed by atoms with Gasteiger partial charge in [-0.25, -0.2) is 5.84 Å². The number of fused-ring (bicyclic) bond motifs is 1. The zero-order valence-corrected chi connectivity index (χ0v) is 19.5. The first-order chi connectivity index (χ1) is 15.2. The van der Waals surface area contributed by atoms with Gasteiger partial charge < -0.3 is 5.11 Å². The Bertz CT molecular complexity index is 1150. The topological polar surface area (TPSA) is 106 Å². The predicted molar refractivity (Wildman–Crippen MR) is 126 cm³/mol. The fraction of sp³-hybridized carbons (Fsp3) is 0.458. The van der Waals surface area contributed by atoms with Crippen molar-refractivity contribution in [2.24, 2.45) is 11.8 Å². The molecule has 0 spiro atoms. The molecule has 1 fully saturated rings. The number of halogens is 1. The van der Waals surface area contributed by atoms with Crippen LogP contribution in [0.4, 0.5) is 0 Å². The van der Waals surface area contributed by atoms with Crippen molar-refractivity contribution in [3.63, 3.8) is 0 Å². The van der Waals surface area contributed by atoms with E-state index in [0.717, 1.165) is 36.8 Å². The van der Waals surface area contributed by atoms with Crippen LogP contribution in [0.25, 0.3) is 16.7 Å². The third-order valence-electron chi connectivity index (χ3n) is 6.38. The number of carbonyl (C=O) groups excluding carboxylic acids is 1. The minimum absolute atomic E-state index is 0.100. The molecule has 1 atom stereocenters. The van der Waals surface area contributed by atoms with Gasteiger partial charge >= 0.3 is 0 Å². The summed E-state index contributed by atoms with van der Waals surface area (Å²) < 4.78 is 0. The molecule has 0 aliphatic heterocycles. The van der Waals surface area contributed by atoms with Gasteiger partial charge in [-0.15, -0.1) is 15.0 Å². The number of amides is 1. The van der Waals surface area contributed by atoms with E-state index < -0.39 is 5.92 Å². The lowest BCUT2D eigenvalue weighted by Gasteiger charge is -2.31. The van der Waals surface area contributed by atoms with E-state index in [0.29, 0.717) is 21.7 Å². The van der Waals surface area contributed by atoms with Gasteiger partial charge in [-0.05, 0) is 54.0 Å². The maximum atomic E-state index is 12.9. The molecule has 0 radical (unpaired) electrons. The first kappa shape index (κ1) is 22.6. The van der Waals surface area contributed by atoms with Gasteiger partial charge in [0.05, 0.1) is 5.92 Å². The zero-order chi connectivity index (χ0) is 23.0. The largest absolute Gasteiger partial charge is 0.505 e. The monoisotopic (exact) mass is 455 g/mol. The number of hydrogen-bond acceptors (Lipinski definition) is 5. The minimum Gasteiger partial charge on any atom is -0.505 e. The van der Waals surface area contributed by atoms with Gasteiger partial charge in [0.15, 0.2) is 0 Å². The zero-order valence-electron chi connectivity index (χ0n) is 18.7. The lowest BCUT2D eigenvalue weighted by molar-refractivity contribution is -0.124. The van der Waals surface area contributed by atoms with Gasteiger partial charge in [-0.3, -0.25) is 10.2 Å². The second kappa shape index (κ2) is 8.71. The third kappa shape index (κ3) is 4.32. The first-order valence-electron chi connectivity index (χ1n) is 11.1. The normalized spacial score (nSPS) is 16.3. The van der Waals surface area contributed by atoms with Gasteiger partial charge in [0.1, 0.15) is 22.5 Å². The lowest BCUT2D eigenvalue weighted by atomic mass is 9.74. The fourth-order valence-corrected chi connectivity index (χ4v) is 4.90. The molecule has 4 rings (SSSR count). The highest BCUT2D eigenvalue weighted by atomic mass is 35.5. The molecule has 1 unspecified atom stereocenters. The summed E-state index contributed by atoms with van der Waals surface area (Å²) in [5.74, 6) is 5.28. The van der Waals surface area contributed by atoms with E-state index in [9.17, 15) is 9.90 Å². The Hall–Kier alpha value is -2.64. The second-order valence-electron chi connectivity index (χ2n) is 9.69. The maximum absolute atomic E-state index is 12.9. The number of phenols is 1. The van der Waals surface area contributed by atoms with Crippen LogP contribution in [0, 0.1) is 5.92 Å². The molecule has 7 nitrogen and oxygen atoms in total. The molecule has 1 saturated carbocycles. The summed E-state index contributed by atoms with van der Waals surface area (Å²) in [6.07, 6.45) is 5.34. The number of hydrogen-bond donors (Lipinski definition) is 3. The van der Waals surface area contributed by atoms with E-state index in [1.165, 1.54) is 11.2 Å². The Kier molecular flexibility index (Phi) is 6.14. The Labute approximate surface area is 192 Å². The van der Waals surface area contributed by atoms with Crippen LogP contribution in [0.3, 0.4) is 0 Å². The molecule has 1 aliphatic carbocycles. The van der Waals surface area contributed by atoms with E-state index in [1.54, 1.807) is 18.2 Å². The van der Waals surface area contributed by atoms with Crippen LogP contribution in [0.2, 0.25) is 5.02 Å². The van der Waals surface area contributed by atoms with E-state index in [4.69, 9.17) is 17.4 Å². The number of benzene rings is 2. The molecule has 1 amide bonds. The van der Waals surface area contributed by atoms with E-state index in [-0.39, 0.29) is 23.0 Å². The van der Waals surface area contributed by atoms with Crippen LogP contribution in [0.15, 0.2) is 30.3 Å². The minimum atomic E-state index is -0.403. The molecule has 4 N–H and O–H groups in total. The summed E-state index contributed by atoms with van der Waals surface area (Å²) >= 11 is 6.11. The summed E-state index contributed by atoms with van der Waals surface area (Å²) in [6.45, 7) is 6.09. The van der Waals surface area contributed by atoms with Gasteiger partial charge in [0.2, 0.25) is 5.91 Å². The van der Waals surface area contributed by atoms with Crippen LogP contribution >= 0.6 is 11.6 Å². The summed E-state index contributed by atoms with van der Waals surface area (Å²) in [7, 11) is 0. The molecule has 2 aromatic carbocycles. The molecule has 0 saturated heterocycles. The molecule has 32 heavy (non-hydrogen) atoms. The highest BCUT2D eigenvalue weighted by molar-refractivity contribution is 6.31. The van der Waals surface area contributed by atoms with Crippen molar-refractivity contribution in [1.29, 1.82) is 0 Å². The van der Waals surface area contributed by atoms with Crippen LogP contribution in [-0.4, -0.2) is 26.0 Å². The summed E-state index contributed by atoms with van der Waals surface area (Å²) in [5.41, 5.74) is 5.28. The number of hydrazine groups is 1. The smallest absolute Gasteiger partial charge is 0.241 e. The molecule has 1 aromatic heterocycles. The Morgan fingerprint density at radius 3 is 2.50 bits per heavy atom.